The van der Waals surface area contributed by atoms with Crippen LogP contribution >= 0.6 is 0 Å². The quantitative estimate of drug-likeness (QED) is 0.649. The summed E-state index contributed by atoms with van der Waals surface area (Å²) in [6.07, 6.45) is 0. The second-order valence-electron chi connectivity index (χ2n) is 4.67. The van der Waals surface area contributed by atoms with Crippen LogP contribution in [0.5, 0.6) is 0 Å². The van der Waals surface area contributed by atoms with Gasteiger partial charge < -0.3 is 0 Å². The first kappa shape index (κ1) is 12.2. The predicted octanol–water partition coefficient (Wildman–Crippen LogP) is 1.94. The van der Waals surface area contributed by atoms with Crippen LogP contribution in [0.3, 0.4) is 0 Å². The molecule has 0 saturated carbocycles. The fourth-order valence-corrected chi connectivity index (χ4v) is 8.76. The Kier molecular flexibility index (Phi) is 3.80. The fourth-order valence-electron chi connectivity index (χ4n) is 2.51. The molecule has 0 N–H and O–H groups in total. The SMILES string of the molecule is c1cc[c]([GeH]([c]2ccccc2)[c]2ccccc2)cc1. The first-order valence-corrected chi connectivity index (χ1v) is 10.2. The molecule has 0 amide bonds. The Labute approximate surface area is 118 Å². The molecule has 0 radical (unpaired) electrons. The first-order chi connectivity index (χ1) is 9.45. The van der Waals surface area contributed by atoms with Gasteiger partial charge >= 0.3 is 119 Å². The summed E-state index contributed by atoms with van der Waals surface area (Å²) >= 11 is -1.87. The molecule has 0 bridgehead atoms. The van der Waals surface area contributed by atoms with E-state index in [9.17, 15) is 0 Å². The van der Waals surface area contributed by atoms with Crippen molar-refractivity contribution in [1.82, 2.24) is 0 Å². The van der Waals surface area contributed by atoms with Gasteiger partial charge in [-0.05, 0) is 0 Å². The van der Waals surface area contributed by atoms with Gasteiger partial charge in [-0.3, -0.25) is 0 Å². The molecule has 19 heavy (non-hydrogen) atoms. The van der Waals surface area contributed by atoms with Crippen molar-refractivity contribution in [3.63, 3.8) is 0 Å². The molecule has 3 aromatic carbocycles. The zero-order chi connectivity index (χ0) is 12.9. The van der Waals surface area contributed by atoms with E-state index in [2.05, 4.69) is 91.0 Å². The molecule has 0 aromatic heterocycles. The van der Waals surface area contributed by atoms with Crippen molar-refractivity contribution in [2.75, 3.05) is 0 Å². The Hall–Kier alpha value is -1.80. The molecule has 0 nitrogen and oxygen atoms in total. The Morgan fingerprint density at radius 3 is 0.895 bits per heavy atom. The predicted molar refractivity (Wildman–Crippen MR) is 85.4 cm³/mol. The van der Waals surface area contributed by atoms with Gasteiger partial charge in [-0.2, -0.15) is 0 Å². The topological polar surface area (TPSA) is 0 Å². The maximum absolute atomic E-state index is 2.28. The van der Waals surface area contributed by atoms with Crippen molar-refractivity contribution in [1.29, 1.82) is 0 Å². The summed E-state index contributed by atoms with van der Waals surface area (Å²) < 4.78 is 4.56. The minimum atomic E-state index is -1.87. The number of hydrogen-bond donors (Lipinski definition) is 0. The second-order valence-corrected chi connectivity index (χ2v) is 10.7. The minimum absolute atomic E-state index is 1.52. The molecule has 3 aromatic rings. The van der Waals surface area contributed by atoms with E-state index in [0.29, 0.717) is 0 Å². The fraction of sp³-hybridized carbons (Fsp3) is 0. The summed E-state index contributed by atoms with van der Waals surface area (Å²) in [6.45, 7) is 0. The Balaban J connectivity index is 2.12. The normalized spacial score (nSPS) is 10.6. The molecule has 0 heterocycles. The van der Waals surface area contributed by atoms with Crippen LogP contribution in [0, 0.1) is 0 Å². The number of rotatable bonds is 3. The van der Waals surface area contributed by atoms with Crippen LogP contribution in [0.1, 0.15) is 0 Å². The van der Waals surface area contributed by atoms with Gasteiger partial charge in [0, 0.05) is 0 Å². The third kappa shape index (κ3) is 2.79. The van der Waals surface area contributed by atoms with Gasteiger partial charge in [0.2, 0.25) is 0 Å². The van der Waals surface area contributed by atoms with E-state index in [4.69, 9.17) is 0 Å². The van der Waals surface area contributed by atoms with E-state index in [1.807, 2.05) is 0 Å². The van der Waals surface area contributed by atoms with Gasteiger partial charge in [0.1, 0.15) is 0 Å². The summed E-state index contributed by atoms with van der Waals surface area (Å²) in [4.78, 5) is 0. The summed E-state index contributed by atoms with van der Waals surface area (Å²) in [7, 11) is 0. The van der Waals surface area contributed by atoms with Crippen molar-refractivity contribution in [3.8, 4) is 0 Å². The average molecular weight is 305 g/mol. The van der Waals surface area contributed by atoms with Gasteiger partial charge in [-0.25, -0.2) is 0 Å². The summed E-state index contributed by atoms with van der Waals surface area (Å²) in [5.74, 6) is 0. The zero-order valence-electron chi connectivity index (χ0n) is 10.7. The van der Waals surface area contributed by atoms with E-state index >= 15 is 0 Å². The van der Waals surface area contributed by atoms with Gasteiger partial charge in [0.25, 0.3) is 0 Å². The molecule has 0 fully saturated rings. The average Bonchev–Trinajstić information content (AvgIpc) is 2.51. The van der Waals surface area contributed by atoms with Crippen molar-refractivity contribution in [2.24, 2.45) is 0 Å². The molecule has 0 unspecified atom stereocenters. The second kappa shape index (κ2) is 5.90. The van der Waals surface area contributed by atoms with Crippen molar-refractivity contribution < 1.29 is 0 Å². The molecular formula is C18H16Ge. The van der Waals surface area contributed by atoms with Crippen LogP contribution in [-0.2, 0) is 0 Å². The van der Waals surface area contributed by atoms with E-state index < -0.39 is 14.3 Å². The summed E-state index contributed by atoms with van der Waals surface area (Å²) in [5, 5.41) is 0. The van der Waals surface area contributed by atoms with Crippen LogP contribution in [0.2, 0.25) is 0 Å². The standard InChI is InChI=1S/C18H16Ge/c1-4-10-16(11-5-1)19(17-12-6-2-7-13-17)18-14-8-3-9-15-18/h1-15,19H. The van der Waals surface area contributed by atoms with E-state index in [-0.39, 0.29) is 0 Å². The Bertz CT molecular complexity index is 524. The first-order valence-electron chi connectivity index (χ1n) is 6.60. The molecule has 0 atom stereocenters. The van der Waals surface area contributed by atoms with E-state index in [0.717, 1.165) is 0 Å². The van der Waals surface area contributed by atoms with Crippen molar-refractivity contribution in [3.05, 3.63) is 91.0 Å². The van der Waals surface area contributed by atoms with E-state index in [1.54, 1.807) is 0 Å². The Morgan fingerprint density at radius 2 is 0.632 bits per heavy atom. The number of hydrogen-bond acceptors (Lipinski definition) is 0. The van der Waals surface area contributed by atoms with Gasteiger partial charge in [0.05, 0.1) is 0 Å². The third-order valence-corrected chi connectivity index (χ3v) is 10.0. The van der Waals surface area contributed by atoms with Crippen LogP contribution in [0.4, 0.5) is 0 Å². The molecule has 0 aliphatic carbocycles. The molecular weight excluding hydrogens is 289 g/mol. The molecule has 0 saturated heterocycles. The molecule has 92 valence electrons. The molecule has 1 heteroatoms. The molecule has 3 rings (SSSR count). The van der Waals surface area contributed by atoms with Crippen LogP contribution < -0.4 is 13.2 Å². The van der Waals surface area contributed by atoms with Crippen LogP contribution in [0.15, 0.2) is 91.0 Å². The van der Waals surface area contributed by atoms with Gasteiger partial charge in [0.15, 0.2) is 0 Å². The Morgan fingerprint density at radius 1 is 0.368 bits per heavy atom. The molecule has 0 aliphatic rings. The summed E-state index contributed by atoms with van der Waals surface area (Å²) in [5.41, 5.74) is 0. The monoisotopic (exact) mass is 306 g/mol. The van der Waals surface area contributed by atoms with Crippen LogP contribution in [0.25, 0.3) is 0 Å². The molecule has 0 aliphatic heterocycles. The number of benzene rings is 3. The van der Waals surface area contributed by atoms with Gasteiger partial charge in [-0.1, -0.05) is 0 Å². The molecule has 0 spiro atoms. The van der Waals surface area contributed by atoms with Crippen molar-refractivity contribution in [2.45, 2.75) is 0 Å². The maximum atomic E-state index is 2.28. The summed E-state index contributed by atoms with van der Waals surface area (Å²) in [6, 6.07) is 32.9. The zero-order valence-corrected chi connectivity index (χ0v) is 13.2. The van der Waals surface area contributed by atoms with Crippen molar-refractivity contribution >= 4 is 27.5 Å². The van der Waals surface area contributed by atoms with Gasteiger partial charge in [-0.15, -0.1) is 0 Å². The third-order valence-electron chi connectivity index (χ3n) is 3.40. The van der Waals surface area contributed by atoms with Crippen LogP contribution in [-0.4, -0.2) is 14.3 Å². The van der Waals surface area contributed by atoms with E-state index in [1.165, 1.54) is 13.2 Å².